The van der Waals surface area contributed by atoms with Crippen LogP contribution in [0.25, 0.3) is 0 Å². The van der Waals surface area contributed by atoms with Crippen molar-refractivity contribution >= 4 is 17.6 Å². The zero-order valence-electron chi connectivity index (χ0n) is 10.0. The molecule has 0 saturated heterocycles. The highest BCUT2D eigenvalue weighted by atomic mass is 35.5. The maximum Gasteiger partial charge on any atom is 0.378 e. The normalized spacial score (nSPS) is 10.5. The first-order chi connectivity index (χ1) is 9.11. The van der Waals surface area contributed by atoms with Crippen LogP contribution >= 0.6 is 11.6 Å². The van der Waals surface area contributed by atoms with Crippen molar-refractivity contribution in [2.24, 2.45) is 0 Å². The average molecular weight is 285 g/mol. The Labute approximate surface area is 113 Å². The van der Waals surface area contributed by atoms with Crippen molar-refractivity contribution in [2.45, 2.75) is 13.5 Å². The summed E-state index contributed by atoms with van der Waals surface area (Å²) < 4.78 is 19.1. The number of tetrazole rings is 1. The molecular weight excluding hydrogens is 275 g/mol. The van der Waals surface area contributed by atoms with Gasteiger partial charge in [0.15, 0.2) is 0 Å². The van der Waals surface area contributed by atoms with E-state index in [-0.39, 0.29) is 24.0 Å². The molecule has 8 heteroatoms. The predicted molar refractivity (Wildman–Crippen MR) is 64.3 cm³/mol. The van der Waals surface area contributed by atoms with E-state index in [4.69, 9.17) is 16.3 Å². The molecule has 2 aromatic rings. The van der Waals surface area contributed by atoms with E-state index in [2.05, 4.69) is 15.5 Å². The fourth-order valence-electron chi connectivity index (χ4n) is 1.46. The highest BCUT2D eigenvalue weighted by molar-refractivity contribution is 6.30. The van der Waals surface area contributed by atoms with Crippen LogP contribution in [0, 0.1) is 5.82 Å². The summed E-state index contributed by atoms with van der Waals surface area (Å²) in [5.74, 6) is -1.13. The van der Waals surface area contributed by atoms with Gasteiger partial charge in [-0.25, -0.2) is 13.9 Å². The van der Waals surface area contributed by atoms with Gasteiger partial charge in [0, 0.05) is 0 Å². The summed E-state index contributed by atoms with van der Waals surface area (Å²) >= 11 is 5.68. The number of hydrogen-bond acceptors (Lipinski definition) is 5. The first-order valence-electron chi connectivity index (χ1n) is 5.49. The lowest BCUT2D eigenvalue weighted by molar-refractivity contribution is 0.0505. The molecule has 0 aliphatic rings. The Bertz CT molecular complexity index is 602. The molecule has 0 unspecified atom stereocenters. The smallest absolute Gasteiger partial charge is 0.378 e. The standard InChI is InChI=1S/C11H10ClFN4O2/c1-2-19-11(18)10-14-15-16-17(10)6-7-3-4-9(13)8(12)5-7/h3-5H,2,6H2,1H3. The van der Waals surface area contributed by atoms with E-state index in [1.54, 1.807) is 6.92 Å². The first kappa shape index (κ1) is 13.4. The number of carbonyl (C=O) groups is 1. The number of esters is 1. The van der Waals surface area contributed by atoms with E-state index in [0.29, 0.717) is 5.56 Å². The molecule has 6 nitrogen and oxygen atoms in total. The minimum atomic E-state index is -0.610. The Morgan fingerprint density at radius 3 is 3.00 bits per heavy atom. The molecule has 1 aromatic heterocycles. The lowest BCUT2D eigenvalue weighted by Crippen LogP contribution is -2.15. The maximum absolute atomic E-state index is 13.0. The highest BCUT2D eigenvalue weighted by Gasteiger charge is 2.16. The third-order valence-electron chi connectivity index (χ3n) is 2.31. The second kappa shape index (κ2) is 5.75. The van der Waals surface area contributed by atoms with Gasteiger partial charge in [-0.3, -0.25) is 0 Å². The quantitative estimate of drug-likeness (QED) is 0.799. The topological polar surface area (TPSA) is 69.9 Å². The van der Waals surface area contributed by atoms with Crippen molar-refractivity contribution in [1.82, 2.24) is 20.2 Å². The maximum atomic E-state index is 13.0. The molecule has 0 bridgehead atoms. The number of carbonyl (C=O) groups excluding carboxylic acids is 1. The summed E-state index contributed by atoms with van der Waals surface area (Å²) in [5.41, 5.74) is 0.671. The van der Waals surface area contributed by atoms with Gasteiger partial charge < -0.3 is 4.74 Å². The van der Waals surface area contributed by atoms with Gasteiger partial charge in [-0.1, -0.05) is 17.7 Å². The van der Waals surface area contributed by atoms with E-state index in [1.807, 2.05) is 0 Å². The van der Waals surface area contributed by atoms with Crippen molar-refractivity contribution in [1.29, 1.82) is 0 Å². The van der Waals surface area contributed by atoms with Crippen molar-refractivity contribution in [3.8, 4) is 0 Å². The summed E-state index contributed by atoms with van der Waals surface area (Å²) in [6.07, 6.45) is 0. The van der Waals surface area contributed by atoms with Gasteiger partial charge in [-0.2, -0.15) is 0 Å². The Morgan fingerprint density at radius 1 is 1.53 bits per heavy atom. The first-order valence-corrected chi connectivity index (χ1v) is 5.86. The van der Waals surface area contributed by atoms with Crippen LogP contribution in [0.4, 0.5) is 4.39 Å². The molecule has 0 saturated carbocycles. The van der Waals surface area contributed by atoms with Gasteiger partial charge in [0.2, 0.25) is 0 Å². The van der Waals surface area contributed by atoms with Crippen molar-refractivity contribution < 1.29 is 13.9 Å². The fourth-order valence-corrected chi connectivity index (χ4v) is 1.67. The summed E-state index contributed by atoms with van der Waals surface area (Å²) in [6.45, 7) is 2.11. The van der Waals surface area contributed by atoms with Gasteiger partial charge >= 0.3 is 5.97 Å². The monoisotopic (exact) mass is 284 g/mol. The number of benzene rings is 1. The average Bonchev–Trinajstić information content (AvgIpc) is 2.82. The predicted octanol–water partition coefficient (Wildman–Crippen LogP) is 1.69. The van der Waals surface area contributed by atoms with Crippen molar-refractivity contribution in [2.75, 3.05) is 6.61 Å². The van der Waals surface area contributed by atoms with E-state index in [9.17, 15) is 9.18 Å². The molecule has 0 aliphatic carbocycles. The Kier molecular flexibility index (Phi) is 4.06. The molecule has 0 N–H and O–H groups in total. The Hall–Kier alpha value is -2.02. The number of nitrogens with zero attached hydrogens (tertiary/aromatic N) is 4. The van der Waals surface area contributed by atoms with Crippen LogP contribution < -0.4 is 0 Å². The third kappa shape index (κ3) is 3.05. The fraction of sp³-hybridized carbons (Fsp3) is 0.273. The van der Waals surface area contributed by atoms with Gasteiger partial charge in [-0.05, 0) is 35.0 Å². The Balaban J connectivity index is 2.21. The molecule has 1 heterocycles. The zero-order valence-corrected chi connectivity index (χ0v) is 10.8. The number of rotatable bonds is 4. The van der Waals surface area contributed by atoms with Crippen molar-refractivity contribution in [3.63, 3.8) is 0 Å². The van der Waals surface area contributed by atoms with E-state index < -0.39 is 11.8 Å². The second-order valence-corrected chi connectivity index (χ2v) is 4.04. The molecule has 2 rings (SSSR count). The number of aromatic nitrogens is 4. The molecule has 0 aliphatic heterocycles. The molecular formula is C11H10ClFN4O2. The molecule has 0 fully saturated rings. The van der Waals surface area contributed by atoms with Gasteiger partial charge in [-0.15, -0.1) is 5.10 Å². The summed E-state index contributed by atoms with van der Waals surface area (Å²) in [6, 6.07) is 4.23. The van der Waals surface area contributed by atoms with Crippen molar-refractivity contribution in [3.05, 3.63) is 40.4 Å². The summed E-state index contributed by atoms with van der Waals surface area (Å²) in [5, 5.41) is 10.7. The third-order valence-corrected chi connectivity index (χ3v) is 2.60. The molecule has 1 aromatic carbocycles. The van der Waals surface area contributed by atoms with Crippen LogP contribution in [0.15, 0.2) is 18.2 Å². The van der Waals surface area contributed by atoms with Gasteiger partial charge in [0.05, 0.1) is 18.2 Å². The summed E-state index contributed by atoms with van der Waals surface area (Å²) in [7, 11) is 0. The summed E-state index contributed by atoms with van der Waals surface area (Å²) in [4.78, 5) is 11.6. The van der Waals surface area contributed by atoms with Crippen LogP contribution in [0.1, 0.15) is 23.1 Å². The van der Waals surface area contributed by atoms with Crippen LogP contribution in [-0.2, 0) is 11.3 Å². The van der Waals surface area contributed by atoms with Gasteiger partial charge in [0.1, 0.15) is 5.82 Å². The van der Waals surface area contributed by atoms with E-state index in [1.165, 1.54) is 22.9 Å². The minimum Gasteiger partial charge on any atom is -0.460 e. The number of halogens is 2. The molecule has 0 radical (unpaired) electrons. The second-order valence-electron chi connectivity index (χ2n) is 3.63. The van der Waals surface area contributed by atoms with Gasteiger partial charge in [0.25, 0.3) is 5.82 Å². The number of hydrogen-bond donors (Lipinski definition) is 0. The van der Waals surface area contributed by atoms with E-state index >= 15 is 0 Å². The lowest BCUT2D eigenvalue weighted by atomic mass is 10.2. The molecule has 0 amide bonds. The zero-order chi connectivity index (χ0) is 13.8. The minimum absolute atomic E-state index is 0.00302. The molecule has 0 atom stereocenters. The number of ether oxygens (including phenoxy) is 1. The SMILES string of the molecule is CCOC(=O)c1nnnn1Cc1ccc(F)c(Cl)c1. The molecule has 0 spiro atoms. The van der Waals surface area contributed by atoms with Crippen LogP contribution in [-0.4, -0.2) is 32.8 Å². The van der Waals surface area contributed by atoms with Crippen LogP contribution in [0.3, 0.4) is 0 Å². The lowest BCUT2D eigenvalue weighted by Gasteiger charge is -2.05. The Morgan fingerprint density at radius 2 is 2.32 bits per heavy atom. The van der Waals surface area contributed by atoms with Crippen LogP contribution in [0.2, 0.25) is 5.02 Å². The van der Waals surface area contributed by atoms with E-state index in [0.717, 1.165) is 0 Å². The highest BCUT2D eigenvalue weighted by Crippen LogP contribution is 2.16. The molecule has 19 heavy (non-hydrogen) atoms. The van der Waals surface area contributed by atoms with Crippen LogP contribution in [0.5, 0.6) is 0 Å². The largest absolute Gasteiger partial charge is 0.460 e. The molecule has 100 valence electrons.